The Hall–Kier alpha value is -2.53. The van der Waals surface area contributed by atoms with Gasteiger partial charge in [-0.25, -0.2) is 0 Å². The number of alkyl halides is 1. The van der Waals surface area contributed by atoms with Gasteiger partial charge in [0.15, 0.2) is 0 Å². The van der Waals surface area contributed by atoms with Crippen LogP contribution in [-0.2, 0) is 16.1 Å². The van der Waals surface area contributed by atoms with Crippen molar-refractivity contribution in [1.82, 2.24) is 4.90 Å². The van der Waals surface area contributed by atoms with E-state index in [-0.39, 0.29) is 23.7 Å². The fourth-order valence-corrected chi connectivity index (χ4v) is 3.62. The van der Waals surface area contributed by atoms with Gasteiger partial charge in [-0.1, -0.05) is 51.1 Å². The zero-order chi connectivity index (χ0) is 25.0. The van der Waals surface area contributed by atoms with Crippen molar-refractivity contribution in [1.29, 1.82) is 0 Å². The predicted molar refractivity (Wildman–Crippen MR) is 139 cm³/mol. The number of halogens is 1. The predicted octanol–water partition coefficient (Wildman–Crippen LogP) is 6.09. The highest BCUT2D eigenvalue weighted by Crippen LogP contribution is 2.32. The van der Waals surface area contributed by atoms with Crippen molar-refractivity contribution in [2.24, 2.45) is 10.8 Å². The van der Waals surface area contributed by atoms with Crippen molar-refractivity contribution >= 4 is 34.8 Å². The highest BCUT2D eigenvalue weighted by molar-refractivity contribution is 6.20. The van der Waals surface area contributed by atoms with Crippen LogP contribution in [0.5, 0.6) is 0 Å². The minimum atomic E-state index is -0.683. The van der Waals surface area contributed by atoms with E-state index in [1.165, 1.54) is 0 Å². The standard InChI is InChI=1S/C27H38ClN3O2/c1-19(20-12-10-9-11-13-20)31(25(33)26(2,3)4)17-21-16-22(14-15-23(21)30(7)8)29-24(32)27(5,6)18-28/h9-16,19H,17-18H2,1-8H3,(H,29,32). The summed E-state index contributed by atoms with van der Waals surface area (Å²) in [5.74, 6) is 0.159. The summed E-state index contributed by atoms with van der Waals surface area (Å²) < 4.78 is 0. The van der Waals surface area contributed by atoms with Crippen molar-refractivity contribution in [3.63, 3.8) is 0 Å². The van der Waals surface area contributed by atoms with Crippen LogP contribution in [0.2, 0.25) is 0 Å². The first-order chi connectivity index (χ1) is 15.3. The summed E-state index contributed by atoms with van der Waals surface area (Å²) in [6.07, 6.45) is 0. The molecule has 33 heavy (non-hydrogen) atoms. The lowest BCUT2D eigenvalue weighted by atomic mass is 9.92. The minimum Gasteiger partial charge on any atom is -0.377 e. The van der Waals surface area contributed by atoms with Crippen LogP contribution in [0, 0.1) is 10.8 Å². The zero-order valence-corrected chi connectivity index (χ0v) is 22.0. The Morgan fingerprint density at radius 3 is 2.12 bits per heavy atom. The first-order valence-electron chi connectivity index (χ1n) is 11.3. The number of hydrogen-bond donors (Lipinski definition) is 1. The number of carbonyl (C=O) groups excluding carboxylic acids is 2. The van der Waals surface area contributed by atoms with E-state index in [1.807, 2.05) is 107 Å². The molecule has 0 spiro atoms. The third kappa shape index (κ3) is 6.73. The minimum absolute atomic E-state index is 0.0706. The van der Waals surface area contributed by atoms with Crippen LogP contribution >= 0.6 is 11.6 Å². The van der Waals surface area contributed by atoms with E-state index in [9.17, 15) is 9.59 Å². The van der Waals surface area contributed by atoms with Crippen molar-refractivity contribution in [3.8, 4) is 0 Å². The normalized spacial score (nSPS) is 12.8. The van der Waals surface area contributed by atoms with Gasteiger partial charge in [0.25, 0.3) is 0 Å². The van der Waals surface area contributed by atoms with Crippen molar-refractivity contribution < 1.29 is 9.59 Å². The quantitative estimate of drug-likeness (QED) is 0.474. The molecule has 2 amide bonds. The number of nitrogens with zero attached hydrogens (tertiary/aromatic N) is 2. The van der Waals surface area contributed by atoms with Gasteiger partial charge in [-0.15, -0.1) is 11.6 Å². The average molecular weight is 472 g/mol. The number of hydrogen-bond acceptors (Lipinski definition) is 3. The van der Waals surface area contributed by atoms with E-state index in [2.05, 4.69) is 12.2 Å². The highest BCUT2D eigenvalue weighted by Gasteiger charge is 2.32. The second-order valence-electron chi connectivity index (χ2n) is 10.5. The van der Waals surface area contributed by atoms with Crippen LogP contribution in [0.3, 0.4) is 0 Å². The van der Waals surface area contributed by atoms with Crippen molar-refractivity contribution in [3.05, 3.63) is 59.7 Å². The molecule has 2 aromatic carbocycles. The summed E-state index contributed by atoms with van der Waals surface area (Å²) >= 11 is 5.98. The summed E-state index contributed by atoms with van der Waals surface area (Å²) in [5, 5.41) is 2.99. The molecule has 2 aromatic rings. The first kappa shape index (κ1) is 26.7. The molecule has 0 aliphatic heterocycles. The summed E-state index contributed by atoms with van der Waals surface area (Å²) in [5.41, 5.74) is 2.51. The van der Waals surface area contributed by atoms with Crippen LogP contribution in [0.25, 0.3) is 0 Å². The number of amides is 2. The number of carbonyl (C=O) groups is 2. The monoisotopic (exact) mass is 471 g/mol. The average Bonchev–Trinajstić information content (AvgIpc) is 2.76. The Bertz CT molecular complexity index is 965. The van der Waals surface area contributed by atoms with Crippen LogP contribution < -0.4 is 10.2 Å². The molecule has 1 unspecified atom stereocenters. The first-order valence-corrected chi connectivity index (χ1v) is 11.8. The number of benzene rings is 2. The molecule has 1 atom stereocenters. The van der Waals surface area contributed by atoms with Gasteiger partial charge in [0.1, 0.15) is 0 Å². The van der Waals surface area contributed by atoms with Gasteiger partial charge >= 0.3 is 0 Å². The van der Waals surface area contributed by atoms with E-state index < -0.39 is 10.8 Å². The maximum absolute atomic E-state index is 13.5. The number of nitrogens with one attached hydrogen (secondary N) is 1. The lowest BCUT2D eigenvalue weighted by molar-refractivity contribution is -0.142. The Kier molecular flexibility index (Phi) is 8.58. The van der Waals surface area contributed by atoms with Crippen LogP contribution in [0.1, 0.15) is 58.7 Å². The van der Waals surface area contributed by atoms with Gasteiger partial charge in [0.2, 0.25) is 11.8 Å². The van der Waals surface area contributed by atoms with E-state index in [0.717, 1.165) is 16.8 Å². The molecule has 1 N–H and O–H groups in total. The van der Waals surface area contributed by atoms with Gasteiger partial charge in [-0.2, -0.15) is 0 Å². The van der Waals surface area contributed by atoms with E-state index in [1.54, 1.807) is 0 Å². The maximum Gasteiger partial charge on any atom is 0.231 e. The van der Waals surface area contributed by atoms with Crippen molar-refractivity contribution in [2.45, 2.75) is 54.1 Å². The second-order valence-corrected chi connectivity index (χ2v) is 10.7. The fraction of sp³-hybridized carbons (Fsp3) is 0.481. The Morgan fingerprint density at radius 2 is 1.61 bits per heavy atom. The largest absolute Gasteiger partial charge is 0.377 e. The second kappa shape index (κ2) is 10.6. The molecule has 0 radical (unpaired) electrons. The summed E-state index contributed by atoms with van der Waals surface area (Å²) in [4.78, 5) is 30.2. The van der Waals surface area contributed by atoms with Gasteiger partial charge in [-0.3, -0.25) is 9.59 Å². The smallest absolute Gasteiger partial charge is 0.231 e. The lowest BCUT2D eigenvalue weighted by Gasteiger charge is -2.36. The highest BCUT2D eigenvalue weighted by atomic mass is 35.5. The molecular formula is C27H38ClN3O2. The number of rotatable bonds is 8. The topological polar surface area (TPSA) is 52.7 Å². The lowest BCUT2D eigenvalue weighted by Crippen LogP contribution is -2.41. The summed E-state index contributed by atoms with van der Waals surface area (Å²) in [6.45, 7) is 11.9. The molecule has 180 valence electrons. The van der Waals surface area contributed by atoms with E-state index in [0.29, 0.717) is 12.2 Å². The molecule has 5 nitrogen and oxygen atoms in total. The van der Waals surface area contributed by atoms with E-state index >= 15 is 0 Å². The molecule has 6 heteroatoms. The van der Waals surface area contributed by atoms with Gasteiger partial charge in [0.05, 0.1) is 11.5 Å². The van der Waals surface area contributed by atoms with Crippen LogP contribution in [-0.4, -0.2) is 36.7 Å². The maximum atomic E-state index is 13.5. The molecule has 0 heterocycles. The molecule has 0 saturated heterocycles. The molecule has 2 rings (SSSR count). The Morgan fingerprint density at radius 1 is 1.00 bits per heavy atom. The number of anilines is 2. The zero-order valence-electron chi connectivity index (χ0n) is 21.2. The summed E-state index contributed by atoms with van der Waals surface area (Å²) in [7, 11) is 3.95. The summed E-state index contributed by atoms with van der Waals surface area (Å²) in [6, 6.07) is 15.8. The fourth-order valence-electron chi connectivity index (χ4n) is 3.50. The molecule has 0 fully saturated rings. The molecule has 0 saturated carbocycles. The molecule has 0 aromatic heterocycles. The third-order valence-electron chi connectivity index (χ3n) is 5.76. The SMILES string of the molecule is CC(c1ccccc1)N(Cc1cc(NC(=O)C(C)(C)CCl)ccc1N(C)C)C(=O)C(C)(C)C. The van der Waals surface area contributed by atoms with Crippen LogP contribution in [0.15, 0.2) is 48.5 Å². The van der Waals surface area contributed by atoms with Gasteiger partial charge < -0.3 is 15.1 Å². The molecular weight excluding hydrogens is 434 g/mol. The third-order valence-corrected chi connectivity index (χ3v) is 6.43. The Balaban J connectivity index is 2.48. The molecule has 0 aliphatic rings. The van der Waals surface area contributed by atoms with Gasteiger partial charge in [0, 0.05) is 43.3 Å². The Labute approximate surface area is 204 Å². The molecule has 0 aliphatic carbocycles. The van der Waals surface area contributed by atoms with E-state index in [4.69, 9.17) is 11.6 Å². The van der Waals surface area contributed by atoms with Crippen LogP contribution in [0.4, 0.5) is 11.4 Å². The van der Waals surface area contributed by atoms with Gasteiger partial charge in [-0.05, 0) is 50.1 Å². The van der Waals surface area contributed by atoms with Crippen molar-refractivity contribution in [2.75, 3.05) is 30.2 Å². The molecule has 0 bridgehead atoms.